The van der Waals surface area contributed by atoms with Gasteiger partial charge in [-0.15, -0.1) is 0 Å². The summed E-state index contributed by atoms with van der Waals surface area (Å²) in [6.45, 7) is -0.914. The van der Waals surface area contributed by atoms with Crippen molar-refractivity contribution in [1.82, 2.24) is 9.03 Å². The maximum Gasteiger partial charge on any atom is 0.390 e. The van der Waals surface area contributed by atoms with Crippen LogP contribution in [0, 0.1) is 0 Å². The Labute approximate surface area is 103 Å². The molecular formula is C8H15F3N2O4S. The summed E-state index contributed by atoms with van der Waals surface area (Å²) in [5.41, 5.74) is 0. The van der Waals surface area contributed by atoms with Gasteiger partial charge in [-0.2, -0.15) is 25.9 Å². The zero-order valence-electron chi connectivity index (χ0n) is 9.95. The molecule has 108 valence electrons. The third kappa shape index (κ3) is 7.45. The van der Waals surface area contributed by atoms with E-state index >= 15 is 0 Å². The van der Waals surface area contributed by atoms with Crippen LogP contribution in [0.15, 0.2) is 0 Å². The predicted molar refractivity (Wildman–Crippen MR) is 56.9 cm³/mol. The van der Waals surface area contributed by atoms with E-state index in [-0.39, 0.29) is 13.0 Å². The van der Waals surface area contributed by atoms with Crippen molar-refractivity contribution < 1.29 is 31.1 Å². The van der Waals surface area contributed by atoms with Crippen molar-refractivity contribution in [3.8, 4) is 0 Å². The molecular weight excluding hydrogens is 277 g/mol. The first-order chi connectivity index (χ1) is 8.08. The average Bonchev–Trinajstić information content (AvgIpc) is 2.22. The fourth-order valence-electron chi connectivity index (χ4n) is 0.903. The summed E-state index contributed by atoms with van der Waals surface area (Å²) in [6.07, 6.45) is -5.85. The second kappa shape index (κ2) is 6.90. The van der Waals surface area contributed by atoms with E-state index in [1.165, 1.54) is 0 Å². The summed E-state index contributed by atoms with van der Waals surface area (Å²) in [6, 6.07) is 0. The van der Waals surface area contributed by atoms with Crippen LogP contribution in [-0.4, -0.2) is 52.1 Å². The van der Waals surface area contributed by atoms with E-state index in [0.717, 1.165) is 18.5 Å². The summed E-state index contributed by atoms with van der Waals surface area (Å²) < 4.78 is 65.1. The van der Waals surface area contributed by atoms with Crippen molar-refractivity contribution in [3.63, 3.8) is 0 Å². The van der Waals surface area contributed by atoms with Gasteiger partial charge in [0, 0.05) is 20.1 Å². The van der Waals surface area contributed by atoms with Gasteiger partial charge in [0.2, 0.25) is 0 Å². The molecule has 0 radical (unpaired) electrons. The summed E-state index contributed by atoms with van der Waals surface area (Å²) in [5.74, 6) is -0.604. The molecule has 0 aliphatic heterocycles. The Bertz CT molecular complexity index is 369. The van der Waals surface area contributed by atoms with Crippen molar-refractivity contribution in [2.75, 3.05) is 27.2 Å². The molecule has 0 amide bonds. The van der Waals surface area contributed by atoms with E-state index in [9.17, 15) is 26.4 Å². The van der Waals surface area contributed by atoms with Crippen LogP contribution in [0.1, 0.15) is 12.8 Å². The molecule has 0 rings (SSSR count). The standard InChI is InChI=1S/C8H15F3N2O4S/c1-13(6-3-7(14)17-2)18(15,16)12-5-4-8(9,10)11/h12H,3-6H2,1-2H3. The van der Waals surface area contributed by atoms with E-state index in [4.69, 9.17) is 0 Å². The average molecular weight is 292 g/mol. The lowest BCUT2D eigenvalue weighted by Crippen LogP contribution is -2.40. The van der Waals surface area contributed by atoms with Crippen molar-refractivity contribution in [2.24, 2.45) is 0 Å². The number of ether oxygens (including phenoxy) is 1. The van der Waals surface area contributed by atoms with Gasteiger partial charge in [0.05, 0.1) is 20.0 Å². The molecule has 0 aromatic rings. The number of halogens is 3. The minimum Gasteiger partial charge on any atom is -0.469 e. The number of nitrogens with one attached hydrogen (secondary N) is 1. The Hall–Kier alpha value is -0.870. The number of alkyl halides is 3. The number of hydrogen-bond acceptors (Lipinski definition) is 4. The van der Waals surface area contributed by atoms with Crippen LogP contribution in [0.4, 0.5) is 13.2 Å². The number of nitrogens with zero attached hydrogens (tertiary/aromatic N) is 1. The molecule has 6 nitrogen and oxygen atoms in total. The Kier molecular flexibility index (Phi) is 6.57. The van der Waals surface area contributed by atoms with Gasteiger partial charge < -0.3 is 4.74 Å². The molecule has 0 aliphatic carbocycles. The highest BCUT2D eigenvalue weighted by molar-refractivity contribution is 7.87. The molecule has 0 saturated carbocycles. The molecule has 0 aliphatic rings. The lowest BCUT2D eigenvalue weighted by atomic mass is 10.4. The van der Waals surface area contributed by atoms with Crippen LogP contribution >= 0.6 is 0 Å². The van der Waals surface area contributed by atoms with Gasteiger partial charge in [0.15, 0.2) is 0 Å². The van der Waals surface area contributed by atoms with Crippen LogP contribution in [0.5, 0.6) is 0 Å². The highest BCUT2D eigenvalue weighted by Gasteiger charge is 2.28. The smallest absolute Gasteiger partial charge is 0.390 e. The van der Waals surface area contributed by atoms with Crippen molar-refractivity contribution >= 4 is 16.2 Å². The highest BCUT2D eigenvalue weighted by atomic mass is 32.2. The van der Waals surface area contributed by atoms with Gasteiger partial charge >= 0.3 is 12.1 Å². The number of carbonyl (C=O) groups excluding carboxylic acids is 1. The molecule has 0 aromatic carbocycles. The SMILES string of the molecule is COC(=O)CCN(C)S(=O)(=O)NCCC(F)(F)F. The van der Waals surface area contributed by atoms with Crippen LogP contribution in [-0.2, 0) is 19.7 Å². The molecule has 18 heavy (non-hydrogen) atoms. The first kappa shape index (κ1) is 17.1. The Morgan fingerprint density at radius 1 is 1.39 bits per heavy atom. The monoisotopic (exact) mass is 292 g/mol. The second-order valence-electron chi connectivity index (χ2n) is 3.41. The first-order valence-electron chi connectivity index (χ1n) is 4.93. The number of hydrogen-bond donors (Lipinski definition) is 1. The van der Waals surface area contributed by atoms with Gasteiger partial charge in [-0.3, -0.25) is 4.79 Å². The molecule has 10 heteroatoms. The molecule has 0 saturated heterocycles. The number of esters is 1. The molecule has 1 N–H and O–H groups in total. The maximum absolute atomic E-state index is 11.8. The summed E-state index contributed by atoms with van der Waals surface area (Å²) in [4.78, 5) is 10.8. The Morgan fingerprint density at radius 2 is 1.94 bits per heavy atom. The van der Waals surface area contributed by atoms with Crippen molar-refractivity contribution in [3.05, 3.63) is 0 Å². The van der Waals surface area contributed by atoms with Gasteiger partial charge in [-0.25, -0.2) is 4.72 Å². The van der Waals surface area contributed by atoms with E-state index in [2.05, 4.69) is 4.74 Å². The second-order valence-corrected chi connectivity index (χ2v) is 5.27. The number of carbonyl (C=O) groups is 1. The largest absolute Gasteiger partial charge is 0.469 e. The van der Waals surface area contributed by atoms with E-state index in [0.29, 0.717) is 0 Å². The number of rotatable bonds is 7. The van der Waals surface area contributed by atoms with E-state index in [1.54, 1.807) is 4.72 Å². The maximum atomic E-state index is 11.8. The summed E-state index contributed by atoms with van der Waals surface area (Å²) in [7, 11) is -1.71. The molecule has 0 spiro atoms. The molecule has 0 unspecified atom stereocenters. The Balaban J connectivity index is 4.16. The summed E-state index contributed by atoms with van der Waals surface area (Å²) >= 11 is 0. The minimum absolute atomic E-state index is 0.173. The van der Waals surface area contributed by atoms with Gasteiger partial charge in [0.25, 0.3) is 10.2 Å². The predicted octanol–water partition coefficient (Wildman–Crippen LogP) is 0.268. The third-order valence-electron chi connectivity index (χ3n) is 1.96. The fraction of sp³-hybridized carbons (Fsp3) is 0.875. The first-order valence-corrected chi connectivity index (χ1v) is 6.37. The minimum atomic E-state index is -4.42. The molecule has 0 aromatic heterocycles. The van der Waals surface area contributed by atoms with Gasteiger partial charge in [-0.05, 0) is 0 Å². The summed E-state index contributed by atoms with van der Waals surface area (Å²) in [5, 5.41) is 0. The third-order valence-corrected chi connectivity index (χ3v) is 3.53. The van der Waals surface area contributed by atoms with Crippen molar-refractivity contribution in [1.29, 1.82) is 0 Å². The topological polar surface area (TPSA) is 75.7 Å². The van der Waals surface area contributed by atoms with Gasteiger partial charge in [-0.1, -0.05) is 0 Å². The zero-order valence-corrected chi connectivity index (χ0v) is 10.8. The highest BCUT2D eigenvalue weighted by Crippen LogP contribution is 2.18. The van der Waals surface area contributed by atoms with Crippen LogP contribution in [0.3, 0.4) is 0 Å². The molecule has 0 heterocycles. The normalized spacial score (nSPS) is 12.8. The van der Waals surface area contributed by atoms with E-state index in [1.807, 2.05) is 0 Å². The molecule has 0 atom stereocenters. The quantitative estimate of drug-likeness (QED) is 0.683. The lowest BCUT2D eigenvalue weighted by Gasteiger charge is -2.17. The van der Waals surface area contributed by atoms with E-state index < -0.39 is 35.3 Å². The van der Waals surface area contributed by atoms with Crippen LogP contribution in [0.2, 0.25) is 0 Å². The molecule has 0 bridgehead atoms. The van der Waals surface area contributed by atoms with Crippen LogP contribution < -0.4 is 4.72 Å². The van der Waals surface area contributed by atoms with Gasteiger partial charge in [0.1, 0.15) is 0 Å². The lowest BCUT2D eigenvalue weighted by molar-refractivity contribution is -0.140. The van der Waals surface area contributed by atoms with Crippen molar-refractivity contribution in [2.45, 2.75) is 19.0 Å². The zero-order chi connectivity index (χ0) is 14.4. The number of methoxy groups -OCH3 is 1. The fourth-order valence-corrected chi connectivity index (χ4v) is 1.81. The van der Waals surface area contributed by atoms with Crippen LogP contribution in [0.25, 0.3) is 0 Å². The molecule has 0 fully saturated rings. The Morgan fingerprint density at radius 3 is 2.39 bits per heavy atom.